The highest BCUT2D eigenvalue weighted by Crippen LogP contribution is 2.18. The van der Waals surface area contributed by atoms with Gasteiger partial charge in [0.15, 0.2) is 6.61 Å². The highest BCUT2D eigenvalue weighted by molar-refractivity contribution is 5.92. The topological polar surface area (TPSA) is 83.1 Å². The minimum Gasteiger partial charge on any atom is -0.494 e. The molecule has 0 saturated carbocycles. The Balaban J connectivity index is 1.64. The second-order valence-corrected chi connectivity index (χ2v) is 5.67. The van der Waals surface area contributed by atoms with Crippen molar-refractivity contribution in [2.75, 3.05) is 31.7 Å². The number of rotatable bonds is 11. The number of hydrogen-bond acceptors (Lipinski definition) is 6. The molecule has 1 N–H and O–H groups in total. The second-order valence-electron chi connectivity index (χ2n) is 5.67. The van der Waals surface area contributed by atoms with Gasteiger partial charge >= 0.3 is 5.97 Å². The van der Waals surface area contributed by atoms with Crippen LogP contribution in [0, 0.1) is 0 Å². The van der Waals surface area contributed by atoms with Gasteiger partial charge < -0.3 is 24.3 Å². The largest absolute Gasteiger partial charge is 0.494 e. The molecule has 0 aromatic heterocycles. The maximum atomic E-state index is 11.8. The van der Waals surface area contributed by atoms with Crippen molar-refractivity contribution in [2.24, 2.45) is 0 Å². The fourth-order valence-electron chi connectivity index (χ4n) is 2.27. The van der Waals surface area contributed by atoms with E-state index in [9.17, 15) is 9.59 Å². The molecule has 0 bridgehead atoms. The first-order valence-corrected chi connectivity index (χ1v) is 9.14. The molecule has 0 atom stereocenters. The summed E-state index contributed by atoms with van der Waals surface area (Å²) in [6, 6.07) is 14.1. The van der Waals surface area contributed by atoms with E-state index in [4.69, 9.17) is 18.9 Å². The van der Waals surface area contributed by atoms with Gasteiger partial charge in [0, 0.05) is 5.69 Å². The molecule has 1 amide bonds. The van der Waals surface area contributed by atoms with Gasteiger partial charge in [-0.15, -0.1) is 0 Å². The molecule has 7 heteroatoms. The monoisotopic (exact) mass is 387 g/mol. The van der Waals surface area contributed by atoms with Gasteiger partial charge in [0.1, 0.15) is 17.2 Å². The van der Waals surface area contributed by atoms with Crippen LogP contribution in [0.4, 0.5) is 5.69 Å². The van der Waals surface area contributed by atoms with E-state index in [1.54, 1.807) is 48.5 Å². The lowest BCUT2D eigenvalue weighted by Gasteiger charge is -2.09. The Hall–Kier alpha value is -3.22. The molecule has 0 spiro atoms. The highest BCUT2D eigenvalue weighted by atomic mass is 16.5. The standard InChI is InChI=1S/C21H25NO6/c1-3-25-17-7-5-16(6-8-17)22-20(23)15-28-21(24)13-14-27-19-11-9-18(10-12-19)26-4-2/h5-12H,3-4,13-15H2,1-2H3,(H,22,23). The zero-order valence-corrected chi connectivity index (χ0v) is 16.1. The molecule has 2 rings (SSSR count). The Morgan fingerprint density at radius 3 is 1.82 bits per heavy atom. The van der Waals surface area contributed by atoms with Crippen molar-refractivity contribution < 1.29 is 28.5 Å². The Labute approximate surface area is 164 Å². The minimum absolute atomic E-state index is 0.0452. The highest BCUT2D eigenvalue weighted by Gasteiger charge is 2.09. The van der Waals surface area contributed by atoms with E-state index < -0.39 is 11.9 Å². The smallest absolute Gasteiger partial charge is 0.309 e. The molecule has 0 unspecified atom stereocenters. The third kappa shape index (κ3) is 7.57. The van der Waals surface area contributed by atoms with Gasteiger partial charge in [0.25, 0.3) is 5.91 Å². The number of benzene rings is 2. The summed E-state index contributed by atoms with van der Waals surface area (Å²) in [5, 5.41) is 2.65. The Bertz CT molecular complexity index is 742. The molecule has 0 heterocycles. The van der Waals surface area contributed by atoms with Crippen LogP contribution >= 0.6 is 0 Å². The number of carbonyl (C=O) groups is 2. The van der Waals surface area contributed by atoms with Gasteiger partial charge in [0.2, 0.25) is 0 Å². The van der Waals surface area contributed by atoms with E-state index in [1.165, 1.54) is 0 Å². The molecule has 150 valence electrons. The van der Waals surface area contributed by atoms with Gasteiger partial charge in [-0.05, 0) is 62.4 Å². The van der Waals surface area contributed by atoms with Gasteiger partial charge in [-0.2, -0.15) is 0 Å². The minimum atomic E-state index is -0.507. The van der Waals surface area contributed by atoms with E-state index in [0.29, 0.717) is 24.7 Å². The predicted octanol–water partition coefficient (Wildman–Crippen LogP) is 3.43. The van der Waals surface area contributed by atoms with Crippen LogP contribution in [0.15, 0.2) is 48.5 Å². The number of nitrogens with one attached hydrogen (secondary N) is 1. The van der Waals surface area contributed by atoms with Crippen LogP contribution in [0.5, 0.6) is 17.2 Å². The average Bonchev–Trinajstić information content (AvgIpc) is 2.70. The lowest BCUT2D eigenvalue weighted by atomic mass is 10.3. The summed E-state index contributed by atoms with van der Waals surface area (Å²) >= 11 is 0. The van der Waals surface area contributed by atoms with Crippen molar-refractivity contribution >= 4 is 17.6 Å². The molecule has 2 aromatic rings. The molecule has 0 aliphatic rings. The van der Waals surface area contributed by atoms with E-state index in [2.05, 4.69) is 5.32 Å². The second kappa shape index (κ2) is 11.5. The Morgan fingerprint density at radius 1 is 0.786 bits per heavy atom. The van der Waals surface area contributed by atoms with E-state index in [-0.39, 0.29) is 19.6 Å². The first-order valence-electron chi connectivity index (χ1n) is 9.14. The average molecular weight is 387 g/mol. The van der Waals surface area contributed by atoms with Gasteiger partial charge in [-0.25, -0.2) is 0 Å². The summed E-state index contributed by atoms with van der Waals surface area (Å²) in [7, 11) is 0. The van der Waals surface area contributed by atoms with Gasteiger partial charge in [-0.3, -0.25) is 9.59 Å². The lowest BCUT2D eigenvalue weighted by Crippen LogP contribution is -2.21. The Kier molecular flexibility index (Phi) is 8.65. The molecular weight excluding hydrogens is 362 g/mol. The molecule has 7 nitrogen and oxygen atoms in total. The maximum absolute atomic E-state index is 11.8. The maximum Gasteiger partial charge on any atom is 0.309 e. The van der Waals surface area contributed by atoms with E-state index in [0.717, 1.165) is 11.5 Å². The number of hydrogen-bond donors (Lipinski definition) is 1. The lowest BCUT2D eigenvalue weighted by molar-refractivity contribution is -0.147. The van der Waals surface area contributed by atoms with Crippen molar-refractivity contribution in [2.45, 2.75) is 20.3 Å². The van der Waals surface area contributed by atoms with Crippen LogP contribution in [0.3, 0.4) is 0 Å². The van der Waals surface area contributed by atoms with Crippen molar-refractivity contribution in [1.82, 2.24) is 0 Å². The molecule has 0 saturated heterocycles. The quantitative estimate of drug-likeness (QED) is 0.595. The predicted molar refractivity (Wildman–Crippen MR) is 105 cm³/mol. The summed E-state index contributed by atoms with van der Waals surface area (Å²) in [5.41, 5.74) is 0.600. The van der Waals surface area contributed by atoms with Crippen LogP contribution in [-0.2, 0) is 14.3 Å². The first kappa shape index (κ1) is 21.1. The van der Waals surface area contributed by atoms with Crippen molar-refractivity contribution in [3.8, 4) is 17.2 Å². The molecule has 28 heavy (non-hydrogen) atoms. The van der Waals surface area contributed by atoms with Crippen LogP contribution < -0.4 is 19.5 Å². The summed E-state index contributed by atoms with van der Waals surface area (Å²) in [6.07, 6.45) is 0.0452. The number of amides is 1. The van der Waals surface area contributed by atoms with Gasteiger partial charge in [0.05, 0.1) is 26.2 Å². The number of carbonyl (C=O) groups excluding carboxylic acids is 2. The summed E-state index contributed by atoms with van der Waals surface area (Å²) in [4.78, 5) is 23.6. The SMILES string of the molecule is CCOc1ccc(NC(=O)COC(=O)CCOc2ccc(OCC)cc2)cc1. The normalized spacial score (nSPS) is 10.1. The number of ether oxygens (including phenoxy) is 4. The van der Waals surface area contributed by atoms with Crippen LogP contribution in [0.2, 0.25) is 0 Å². The first-order chi connectivity index (χ1) is 13.6. The third-order valence-electron chi connectivity index (χ3n) is 3.52. The molecule has 0 aliphatic heterocycles. The molecule has 0 radical (unpaired) electrons. The number of anilines is 1. The molecule has 0 fully saturated rings. The summed E-state index contributed by atoms with van der Waals surface area (Å²) in [6.45, 7) is 4.78. The van der Waals surface area contributed by atoms with Gasteiger partial charge in [-0.1, -0.05) is 0 Å². The van der Waals surface area contributed by atoms with Crippen molar-refractivity contribution in [3.05, 3.63) is 48.5 Å². The zero-order chi connectivity index (χ0) is 20.2. The van der Waals surface area contributed by atoms with Crippen LogP contribution in [0.25, 0.3) is 0 Å². The van der Waals surface area contributed by atoms with Crippen molar-refractivity contribution in [1.29, 1.82) is 0 Å². The van der Waals surface area contributed by atoms with E-state index >= 15 is 0 Å². The number of esters is 1. The molecular formula is C21H25NO6. The fourth-order valence-corrected chi connectivity index (χ4v) is 2.27. The molecule has 2 aromatic carbocycles. The summed E-state index contributed by atoms with van der Waals surface area (Å²) in [5.74, 6) is 1.19. The van der Waals surface area contributed by atoms with Crippen LogP contribution in [0.1, 0.15) is 20.3 Å². The van der Waals surface area contributed by atoms with Crippen molar-refractivity contribution in [3.63, 3.8) is 0 Å². The Morgan fingerprint density at radius 2 is 1.29 bits per heavy atom. The van der Waals surface area contributed by atoms with Crippen LogP contribution in [-0.4, -0.2) is 38.3 Å². The molecule has 0 aliphatic carbocycles. The third-order valence-corrected chi connectivity index (χ3v) is 3.52. The zero-order valence-electron chi connectivity index (χ0n) is 16.1. The summed E-state index contributed by atoms with van der Waals surface area (Å²) < 4.78 is 21.1. The fraction of sp³-hybridized carbons (Fsp3) is 0.333. The van der Waals surface area contributed by atoms with E-state index in [1.807, 2.05) is 13.8 Å².